The molecule has 35 heteroatoms. The first-order valence-electron chi connectivity index (χ1n) is 40.9. The molecule has 4 aliphatic heterocycles. The van der Waals surface area contributed by atoms with Gasteiger partial charge in [0.2, 0.25) is 50.1 Å². The maximum Gasteiger partial charge on any atom is 0.347 e. The molecule has 7 atom stereocenters. The second kappa shape index (κ2) is 43.2. The topological polar surface area (TPSA) is 411 Å². The second-order valence-electron chi connectivity index (χ2n) is 32.0. The van der Waals surface area contributed by atoms with E-state index in [0.29, 0.717) is 101 Å². The van der Waals surface area contributed by atoms with Crippen molar-refractivity contribution in [2.75, 3.05) is 72.0 Å². The van der Waals surface area contributed by atoms with Crippen molar-refractivity contribution in [1.29, 1.82) is 0 Å². The molecule has 2 aromatic heterocycles. The molecule has 8 N–H and O–H groups in total. The zero-order valence-corrected chi connectivity index (χ0v) is 76.5. The van der Waals surface area contributed by atoms with Gasteiger partial charge in [0, 0.05) is 33.5 Å². The summed E-state index contributed by atoms with van der Waals surface area (Å²) in [6.45, 7) is 13.5. The van der Waals surface area contributed by atoms with E-state index in [1.54, 1.807) is 89.2 Å². The third-order valence-electron chi connectivity index (χ3n) is 22.4. The molecule has 4 saturated heterocycles. The van der Waals surface area contributed by atoms with Gasteiger partial charge in [-0.3, -0.25) is 17.2 Å². The van der Waals surface area contributed by atoms with Crippen LogP contribution in [0.5, 0.6) is 5.75 Å². The Labute approximate surface area is 730 Å². The maximum absolute atomic E-state index is 12.8. The Hall–Kier alpha value is -8.04. The molecule has 4 fully saturated rings. The summed E-state index contributed by atoms with van der Waals surface area (Å²) in [5.74, 6) is -1.46. The Morgan fingerprint density at radius 2 is 1.09 bits per heavy atom. The third kappa shape index (κ3) is 26.1. The number of hydrogen-bond acceptors (Lipinski definition) is 22. The van der Waals surface area contributed by atoms with Crippen LogP contribution in [0.25, 0.3) is 0 Å². The lowest BCUT2D eigenvalue weighted by atomic mass is 9.77. The Bertz CT molecular complexity index is 5390. The second-order valence-corrected chi connectivity index (χ2v) is 45.4. The first kappa shape index (κ1) is 97.8. The number of thiophene rings is 1. The number of nitrogens with zero attached hydrogens (tertiary/aromatic N) is 5. The highest BCUT2D eigenvalue weighted by atomic mass is 32.2. The van der Waals surface area contributed by atoms with Crippen LogP contribution in [0.2, 0.25) is 0 Å². The van der Waals surface area contributed by atoms with E-state index in [4.69, 9.17) is 20.1 Å². The summed E-state index contributed by atoms with van der Waals surface area (Å²) < 4.78 is 139. The third-order valence-corrected chi connectivity index (χ3v) is 34.4. The molecule has 6 aromatic carbocycles. The number of hydrogen-bond donors (Lipinski definition) is 8. The number of unbranched alkanes of at least 4 members (excludes halogenated alkanes) is 1. The molecule has 6 heterocycles. The van der Waals surface area contributed by atoms with Gasteiger partial charge >= 0.3 is 17.9 Å². The number of aliphatic hydroxyl groups excluding tert-OH is 4. The fourth-order valence-corrected chi connectivity index (χ4v) is 26.0. The standard InChI is InChI=1S/C25H35NO5S2.C22H30N2O5S2.C22H27NO6S.C18H22N2O5S3/c1-4-5-9-23(27)25(2,3)18-10-12-20(13-11-18)26-19(16-17-33(26,30)31)7-6-8-21-14-15-22(32-21)24(28)29;1-3-4-22(25)19-9-11-20(12-10-19)24-21(14-16-31(24,28)29)18-7-5-17(6-8-18)13-15-30(26,27)23-2;1-22(2,15-24)17-6-8-18(9-7-17)23-19(10-11-30(23,27)28)12-16-4-3-5-20(13-16)29-14-21(25)26;1-2-15(21)12-3-5-13(6-4-12)20-14(8-10-28(20,24)25)7-9-26-18-19-11-16(27-18)17(22)23/h10-15,19,23,27H,4-9,16-17H2,1-3H3,(H,28,29);5-12,21-23,25H,3-4,13-16H2,1-2H3;3-9,13,19,24H,10-12,14-15H2,1-2H3,(H,25,26);3-6,11,14-15,21H,2,7-10H2,1H3,(H,22,23). The molecular formula is C87H114N6O21S8. The van der Waals surface area contributed by atoms with E-state index < -0.39 is 104 Å². The number of ether oxygens (including phenoxy) is 1. The molecule has 666 valence electrons. The summed E-state index contributed by atoms with van der Waals surface area (Å²) >= 11 is 3.84. The number of aromatic nitrogens is 1. The predicted octanol–water partition coefficient (Wildman–Crippen LogP) is 14.0. The van der Waals surface area contributed by atoms with Gasteiger partial charge in [-0.1, -0.05) is 164 Å². The largest absolute Gasteiger partial charge is 0.482 e. The highest BCUT2D eigenvalue weighted by molar-refractivity contribution is 8.01. The molecular weight excluding hydrogens is 1720 g/mol. The van der Waals surface area contributed by atoms with Crippen molar-refractivity contribution < 1.29 is 97.0 Å². The molecule has 8 aromatic rings. The zero-order chi connectivity index (χ0) is 89.1. The summed E-state index contributed by atoms with van der Waals surface area (Å²) in [6, 6.07) is 46.2. The molecule has 0 spiro atoms. The first-order chi connectivity index (χ1) is 57.7. The van der Waals surface area contributed by atoms with Gasteiger partial charge in [-0.25, -0.2) is 66.2 Å². The van der Waals surface area contributed by atoms with E-state index in [2.05, 4.69) is 16.6 Å². The van der Waals surface area contributed by atoms with Crippen LogP contribution in [-0.4, -0.2) is 180 Å². The quantitative estimate of drug-likeness (QED) is 0.0169. The Balaban J connectivity index is 0.000000185. The smallest absolute Gasteiger partial charge is 0.347 e. The van der Waals surface area contributed by atoms with Gasteiger partial charge in [0.05, 0.1) is 94.7 Å². The van der Waals surface area contributed by atoms with Crippen molar-refractivity contribution in [3.8, 4) is 5.75 Å². The highest BCUT2D eigenvalue weighted by Crippen LogP contribution is 2.42. The number of thiazole rings is 1. The van der Waals surface area contributed by atoms with Crippen molar-refractivity contribution in [3.05, 3.63) is 217 Å². The molecule has 0 bridgehead atoms. The van der Waals surface area contributed by atoms with E-state index in [0.717, 1.165) is 100 Å². The van der Waals surface area contributed by atoms with Crippen LogP contribution in [0, 0.1) is 0 Å². The van der Waals surface area contributed by atoms with E-state index >= 15 is 0 Å². The zero-order valence-electron chi connectivity index (χ0n) is 69.9. The molecule has 27 nitrogen and oxygen atoms in total. The minimum atomic E-state index is -3.44. The average Bonchev–Trinajstić information content (AvgIpc) is 1.62. The number of nitrogens with one attached hydrogen (secondary N) is 1. The Morgan fingerprint density at radius 1 is 0.574 bits per heavy atom. The summed E-state index contributed by atoms with van der Waals surface area (Å²) in [4.78, 5) is 38.3. The highest BCUT2D eigenvalue weighted by Gasteiger charge is 2.42. The molecule has 122 heavy (non-hydrogen) atoms. The van der Waals surface area contributed by atoms with E-state index in [1.807, 2.05) is 114 Å². The summed E-state index contributed by atoms with van der Waals surface area (Å²) in [6.07, 6.45) is 10.6. The van der Waals surface area contributed by atoms with Crippen molar-refractivity contribution in [3.63, 3.8) is 0 Å². The number of aliphatic hydroxyl groups is 4. The molecule has 4 aliphatic rings. The van der Waals surface area contributed by atoms with E-state index in [1.165, 1.54) is 49.3 Å². The number of carboxylic acids is 3. The first-order valence-corrected chi connectivity index (χ1v) is 51.6. The van der Waals surface area contributed by atoms with Crippen LogP contribution >= 0.6 is 34.4 Å². The van der Waals surface area contributed by atoms with Crippen molar-refractivity contribution in [1.82, 2.24) is 9.71 Å². The van der Waals surface area contributed by atoms with Crippen molar-refractivity contribution in [2.24, 2.45) is 0 Å². The number of thioether (sulfide) groups is 1. The van der Waals surface area contributed by atoms with Crippen LogP contribution in [0.15, 0.2) is 168 Å². The van der Waals surface area contributed by atoms with Gasteiger partial charge < -0.3 is 40.5 Å². The molecule has 12 rings (SSSR count). The average molecular weight is 1840 g/mol. The van der Waals surface area contributed by atoms with Crippen molar-refractivity contribution in [2.45, 2.75) is 209 Å². The minimum absolute atomic E-state index is 0.00270. The summed E-state index contributed by atoms with van der Waals surface area (Å²) in [5.41, 5.74) is 7.76. The van der Waals surface area contributed by atoms with Gasteiger partial charge in [-0.2, -0.15) is 0 Å². The molecule has 7 unspecified atom stereocenters. The van der Waals surface area contributed by atoms with E-state index in [-0.39, 0.29) is 64.4 Å². The number of rotatable bonds is 36. The lowest BCUT2D eigenvalue weighted by molar-refractivity contribution is -0.139. The minimum Gasteiger partial charge on any atom is -0.482 e. The van der Waals surface area contributed by atoms with Crippen LogP contribution in [0.4, 0.5) is 22.7 Å². The number of aromatic carboxylic acids is 2. The fourth-order valence-electron chi connectivity index (χ4n) is 15.1. The maximum atomic E-state index is 12.8. The number of benzene rings is 6. The molecule has 0 amide bonds. The number of carboxylic acid groups (broad SMARTS) is 3. The van der Waals surface area contributed by atoms with Gasteiger partial charge in [0.15, 0.2) is 10.9 Å². The molecule has 0 aliphatic carbocycles. The van der Waals surface area contributed by atoms with Gasteiger partial charge in [-0.15, -0.1) is 22.7 Å². The lowest BCUT2D eigenvalue weighted by Crippen LogP contribution is -2.35. The number of aryl methyl sites for hydroxylation is 2. The monoisotopic (exact) mass is 1830 g/mol. The van der Waals surface area contributed by atoms with Gasteiger partial charge in [0.1, 0.15) is 15.5 Å². The Kier molecular flexibility index (Phi) is 34.6. The van der Waals surface area contributed by atoms with Crippen LogP contribution in [0.1, 0.15) is 213 Å². The molecule has 0 saturated carbocycles. The van der Waals surface area contributed by atoms with Gasteiger partial charge in [-0.05, 0) is 202 Å². The Morgan fingerprint density at radius 3 is 1.61 bits per heavy atom. The normalized spacial score (nSPS) is 19.1. The lowest BCUT2D eigenvalue weighted by Gasteiger charge is -2.32. The molecule has 0 radical (unpaired) electrons. The summed E-state index contributed by atoms with van der Waals surface area (Å²) in [7, 11) is -15.5. The van der Waals surface area contributed by atoms with Gasteiger partial charge in [0.25, 0.3) is 0 Å². The fraction of sp³-hybridized carbons (Fsp3) is 0.471. The number of aliphatic carboxylic acids is 1. The predicted molar refractivity (Wildman–Crippen MR) is 482 cm³/mol. The van der Waals surface area contributed by atoms with Crippen LogP contribution < -0.4 is 26.7 Å². The number of anilines is 4. The number of carbonyl (C=O) groups is 3. The summed E-state index contributed by atoms with van der Waals surface area (Å²) in [5, 5.41) is 67.1. The SMILES string of the molecule is CC(C)(CO)c1ccc(N2C(Cc3cccc(OCC(=O)O)c3)CCS2(=O)=O)cc1.CCC(O)c1ccc(N2C(CCSc3ncc(C(=O)O)s3)CCS2(=O)=O)cc1.CCCC(O)c1ccc(N2C(c3ccc(CCS(=O)(=O)NC)cc3)CCS2(=O)=O)cc1.CCCCC(O)C(C)(C)c1ccc(N2C(CCCc3ccc(C(=O)O)s3)CCS2(=O)=O)cc1. The number of sulfonamides is 5. The van der Waals surface area contributed by atoms with Crippen LogP contribution in [0.3, 0.4) is 0 Å². The van der Waals surface area contributed by atoms with Crippen LogP contribution in [-0.2, 0) is 85.0 Å². The van der Waals surface area contributed by atoms with E-state index in [9.17, 15) is 76.9 Å². The van der Waals surface area contributed by atoms with Crippen molar-refractivity contribution >= 4 is 125 Å².